The Hall–Kier alpha value is -1.99. The molecule has 0 aliphatic rings. The molecule has 2 aromatic rings. The maximum atomic E-state index is 11.8. The number of benzene rings is 1. The van der Waals surface area contributed by atoms with Crippen LogP contribution in [0.3, 0.4) is 0 Å². The number of hydrogen-bond acceptors (Lipinski definition) is 5. The van der Waals surface area contributed by atoms with E-state index in [1.165, 1.54) is 13.4 Å². The molecule has 0 atom stereocenters. The van der Waals surface area contributed by atoms with E-state index < -0.39 is 10.0 Å². The van der Waals surface area contributed by atoms with Crippen LogP contribution < -0.4 is 10.0 Å². The van der Waals surface area contributed by atoms with Gasteiger partial charge in [0, 0.05) is 30.2 Å². The molecular weight excluding hydrogens is 276 g/mol. The van der Waals surface area contributed by atoms with E-state index in [9.17, 15) is 8.42 Å². The van der Waals surface area contributed by atoms with Gasteiger partial charge in [-0.05, 0) is 31.7 Å². The van der Waals surface area contributed by atoms with E-state index in [0.717, 1.165) is 16.8 Å². The molecule has 0 fully saturated rings. The van der Waals surface area contributed by atoms with Crippen LogP contribution in [0.2, 0.25) is 0 Å². The minimum absolute atomic E-state index is 0.234. The van der Waals surface area contributed by atoms with E-state index >= 15 is 0 Å². The van der Waals surface area contributed by atoms with Gasteiger partial charge in [0.1, 0.15) is 6.33 Å². The average molecular weight is 292 g/mol. The van der Waals surface area contributed by atoms with E-state index in [4.69, 9.17) is 0 Å². The highest BCUT2D eigenvalue weighted by molar-refractivity contribution is 7.89. The van der Waals surface area contributed by atoms with Crippen molar-refractivity contribution in [3.63, 3.8) is 0 Å². The zero-order valence-corrected chi connectivity index (χ0v) is 12.1. The zero-order chi connectivity index (χ0) is 14.6. The lowest BCUT2D eigenvalue weighted by molar-refractivity contribution is 0.588. The van der Waals surface area contributed by atoms with Crippen LogP contribution in [0.25, 0.3) is 0 Å². The minimum atomic E-state index is -3.44. The molecule has 0 aliphatic carbocycles. The summed E-state index contributed by atoms with van der Waals surface area (Å²) in [7, 11) is -2.04. The molecule has 0 saturated heterocycles. The van der Waals surface area contributed by atoms with Crippen molar-refractivity contribution in [2.24, 2.45) is 0 Å². The summed E-state index contributed by atoms with van der Waals surface area (Å²) in [5.41, 5.74) is 2.66. The van der Waals surface area contributed by atoms with Crippen molar-refractivity contribution in [1.82, 2.24) is 14.7 Å². The first-order valence-electron chi connectivity index (χ1n) is 6.05. The average Bonchev–Trinajstić information content (AvgIpc) is 2.47. The molecule has 0 saturated carbocycles. The summed E-state index contributed by atoms with van der Waals surface area (Å²) in [6.45, 7) is 2.45. The number of hydrogen-bond donors (Lipinski definition) is 2. The summed E-state index contributed by atoms with van der Waals surface area (Å²) in [6.07, 6.45) is 4.89. The number of sulfonamides is 1. The topological polar surface area (TPSA) is 84.0 Å². The van der Waals surface area contributed by atoms with Crippen LogP contribution in [-0.2, 0) is 16.6 Å². The van der Waals surface area contributed by atoms with Crippen LogP contribution >= 0.6 is 0 Å². The predicted molar refractivity (Wildman–Crippen MR) is 76.8 cm³/mol. The fourth-order valence-electron chi connectivity index (χ4n) is 1.70. The normalized spacial score (nSPS) is 11.3. The molecular formula is C13H16N4O2S. The Morgan fingerprint density at radius 3 is 2.55 bits per heavy atom. The smallest absolute Gasteiger partial charge is 0.240 e. The number of rotatable bonds is 5. The van der Waals surface area contributed by atoms with Gasteiger partial charge < -0.3 is 5.32 Å². The summed E-state index contributed by atoms with van der Waals surface area (Å²) >= 11 is 0. The molecule has 0 spiro atoms. The molecule has 1 heterocycles. The third-order valence-corrected chi connectivity index (χ3v) is 4.30. The summed E-state index contributed by atoms with van der Waals surface area (Å²) in [6, 6.07) is 4.97. The van der Waals surface area contributed by atoms with Crippen LogP contribution in [0.15, 0.2) is 41.8 Å². The van der Waals surface area contributed by atoms with Gasteiger partial charge in [0.25, 0.3) is 0 Å². The van der Waals surface area contributed by atoms with Gasteiger partial charge in [-0.3, -0.25) is 0 Å². The highest BCUT2D eigenvalue weighted by atomic mass is 32.2. The quantitative estimate of drug-likeness (QED) is 0.868. The first-order chi connectivity index (χ1) is 9.53. The van der Waals surface area contributed by atoms with Crippen molar-refractivity contribution in [2.45, 2.75) is 18.4 Å². The molecule has 0 unspecified atom stereocenters. The number of aromatic nitrogens is 2. The molecule has 106 valence electrons. The van der Waals surface area contributed by atoms with Gasteiger partial charge in [-0.2, -0.15) is 0 Å². The number of nitrogens with zero attached hydrogens (tertiary/aromatic N) is 2. The minimum Gasteiger partial charge on any atom is -0.381 e. The van der Waals surface area contributed by atoms with E-state index in [-0.39, 0.29) is 4.90 Å². The SMILES string of the molecule is CNS(=O)(=O)c1ccc(C)c(NCc2cncnc2)c1. The van der Waals surface area contributed by atoms with Crippen LogP contribution in [0.4, 0.5) is 5.69 Å². The van der Waals surface area contributed by atoms with E-state index in [2.05, 4.69) is 20.0 Å². The lowest BCUT2D eigenvalue weighted by atomic mass is 10.2. The predicted octanol–water partition coefficient (Wildman–Crippen LogP) is 1.31. The van der Waals surface area contributed by atoms with E-state index in [1.54, 1.807) is 30.6 Å². The second-order valence-corrected chi connectivity index (χ2v) is 6.17. The summed E-state index contributed by atoms with van der Waals surface area (Å²) in [4.78, 5) is 8.10. The summed E-state index contributed by atoms with van der Waals surface area (Å²) in [5.74, 6) is 0. The molecule has 0 aliphatic heterocycles. The first kappa shape index (κ1) is 14.4. The molecule has 1 aromatic carbocycles. The highest BCUT2D eigenvalue weighted by Crippen LogP contribution is 2.20. The Morgan fingerprint density at radius 2 is 1.90 bits per heavy atom. The van der Waals surface area contributed by atoms with E-state index in [1.807, 2.05) is 6.92 Å². The molecule has 6 nitrogen and oxygen atoms in total. The second-order valence-electron chi connectivity index (χ2n) is 4.28. The monoisotopic (exact) mass is 292 g/mol. The largest absolute Gasteiger partial charge is 0.381 e. The summed E-state index contributed by atoms with van der Waals surface area (Å²) < 4.78 is 25.9. The van der Waals surface area contributed by atoms with Crippen molar-refractivity contribution in [3.05, 3.63) is 48.0 Å². The third-order valence-electron chi connectivity index (χ3n) is 2.89. The number of nitrogens with one attached hydrogen (secondary N) is 2. The van der Waals surface area contributed by atoms with Crippen molar-refractivity contribution < 1.29 is 8.42 Å². The van der Waals surface area contributed by atoms with Gasteiger partial charge in [-0.25, -0.2) is 23.1 Å². The molecule has 1 aromatic heterocycles. The fraction of sp³-hybridized carbons (Fsp3) is 0.231. The third kappa shape index (κ3) is 3.31. The van der Waals surface area contributed by atoms with Gasteiger partial charge in [0.05, 0.1) is 4.90 Å². The van der Waals surface area contributed by atoms with Gasteiger partial charge in [0.2, 0.25) is 10.0 Å². The fourth-order valence-corrected chi connectivity index (χ4v) is 2.45. The van der Waals surface area contributed by atoms with Crippen molar-refractivity contribution in [3.8, 4) is 0 Å². The molecule has 7 heteroatoms. The van der Waals surface area contributed by atoms with Gasteiger partial charge in [0.15, 0.2) is 0 Å². The second kappa shape index (κ2) is 5.98. The lowest BCUT2D eigenvalue weighted by Gasteiger charge is -2.11. The standard InChI is InChI=1S/C13H16N4O2S/c1-10-3-4-12(20(18,19)14-2)5-13(10)17-8-11-6-15-9-16-7-11/h3-7,9,14,17H,8H2,1-2H3. The van der Waals surface area contributed by atoms with Gasteiger partial charge >= 0.3 is 0 Å². The molecule has 0 radical (unpaired) electrons. The van der Waals surface area contributed by atoms with Crippen molar-refractivity contribution in [2.75, 3.05) is 12.4 Å². The zero-order valence-electron chi connectivity index (χ0n) is 11.3. The highest BCUT2D eigenvalue weighted by Gasteiger charge is 2.12. The Labute approximate surface area is 118 Å². The van der Waals surface area contributed by atoms with Crippen LogP contribution in [0, 0.1) is 6.92 Å². The molecule has 2 rings (SSSR count). The Kier molecular flexibility index (Phi) is 4.31. The Bertz CT molecular complexity index is 687. The maximum absolute atomic E-state index is 11.8. The van der Waals surface area contributed by atoms with Crippen LogP contribution in [-0.4, -0.2) is 25.4 Å². The van der Waals surface area contributed by atoms with Crippen molar-refractivity contribution >= 4 is 15.7 Å². The van der Waals surface area contributed by atoms with Gasteiger partial charge in [-0.1, -0.05) is 6.07 Å². The number of aryl methyl sites for hydroxylation is 1. The first-order valence-corrected chi connectivity index (χ1v) is 7.53. The Balaban J connectivity index is 2.22. The number of anilines is 1. The van der Waals surface area contributed by atoms with Crippen LogP contribution in [0.5, 0.6) is 0 Å². The molecule has 0 amide bonds. The lowest BCUT2D eigenvalue weighted by Crippen LogP contribution is -2.18. The molecule has 20 heavy (non-hydrogen) atoms. The molecule has 0 bridgehead atoms. The van der Waals surface area contributed by atoms with Crippen molar-refractivity contribution in [1.29, 1.82) is 0 Å². The maximum Gasteiger partial charge on any atom is 0.240 e. The summed E-state index contributed by atoms with van der Waals surface area (Å²) in [5, 5.41) is 3.19. The Morgan fingerprint density at radius 1 is 1.20 bits per heavy atom. The van der Waals surface area contributed by atoms with Gasteiger partial charge in [-0.15, -0.1) is 0 Å². The molecule has 2 N–H and O–H groups in total. The van der Waals surface area contributed by atoms with Crippen LogP contribution in [0.1, 0.15) is 11.1 Å². The van der Waals surface area contributed by atoms with E-state index in [0.29, 0.717) is 6.54 Å².